The Morgan fingerprint density at radius 1 is 1.22 bits per heavy atom. The first kappa shape index (κ1) is 17.5. The summed E-state index contributed by atoms with van der Waals surface area (Å²) in [6, 6.07) is 7.55. The topological polar surface area (TPSA) is 112 Å². The lowest BCUT2D eigenvalue weighted by atomic mass is 9.97. The third kappa shape index (κ3) is 3.50. The van der Waals surface area contributed by atoms with Crippen molar-refractivity contribution in [1.82, 2.24) is 15.3 Å². The van der Waals surface area contributed by atoms with Crippen LogP contribution in [0.4, 0.5) is 10.6 Å². The third-order valence-electron chi connectivity index (χ3n) is 4.65. The first-order valence-electron chi connectivity index (χ1n) is 8.50. The molecule has 0 spiro atoms. The Bertz CT molecular complexity index is 982. The van der Waals surface area contributed by atoms with Gasteiger partial charge in [0, 0.05) is 24.6 Å². The van der Waals surface area contributed by atoms with Gasteiger partial charge in [0.2, 0.25) is 0 Å². The number of anilines is 1. The van der Waals surface area contributed by atoms with E-state index in [9.17, 15) is 19.5 Å². The van der Waals surface area contributed by atoms with Crippen molar-refractivity contribution in [3.05, 3.63) is 35.0 Å². The van der Waals surface area contributed by atoms with Gasteiger partial charge in [-0.3, -0.25) is 19.7 Å². The van der Waals surface area contributed by atoms with Crippen LogP contribution in [0.5, 0.6) is 0 Å². The van der Waals surface area contributed by atoms with E-state index < -0.39 is 17.1 Å². The highest BCUT2D eigenvalue weighted by molar-refractivity contribution is 8.18. The maximum atomic E-state index is 11.8. The van der Waals surface area contributed by atoms with Gasteiger partial charge in [-0.15, -0.1) is 0 Å². The van der Waals surface area contributed by atoms with Gasteiger partial charge in [0.1, 0.15) is 5.82 Å². The molecule has 1 aromatic carbocycles. The number of amides is 2. The second kappa shape index (κ2) is 6.99. The Balaban J connectivity index is 1.72. The molecular weight excluding hydrogens is 368 g/mol. The highest BCUT2D eigenvalue weighted by atomic mass is 32.2. The number of thioether (sulfide) groups is 1. The predicted octanol–water partition coefficient (Wildman–Crippen LogP) is 2.25. The maximum absolute atomic E-state index is 11.8. The number of nitrogens with one attached hydrogen (secondary N) is 1. The number of imide groups is 1. The van der Waals surface area contributed by atoms with Crippen molar-refractivity contribution in [2.45, 2.75) is 12.8 Å². The Labute approximate surface area is 158 Å². The standard InChI is InChI=1S/C18H16N4O4S/c23-16-13(27-18(26)21-16)9-14-19-12-4-2-1-3-11(12)15(20-14)22-7-5-10(6-8-22)17(24)25/h1-4,9-10H,5-8H2,(H,24,25)(H,21,23,26)/b13-9+. The van der Waals surface area contributed by atoms with Gasteiger partial charge in [-0.25, -0.2) is 9.97 Å². The number of nitrogens with zero attached hydrogens (tertiary/aromatic N) is 3. The molecule has 9 heteroatoms. The number of para-hydroxylation sites is 1. The quantitative estimate of drug-likeness (QED) is 0.775. The predicted molar refractivity (Wildman–Crippen MR) is 101 cm³/mol. The number of piperidine rings is 1. The van der Waals surface area contributed by atoms with Gasteiger partial charge >= 0.3 is 5.97 Å². The van der Waals surface area contributed by atoms with Crippen LogP contribution in [-0.2, 0) is 9.59 Å². The fourth-order valence-electron chi connectivity index (χ4n) is 3.26. The molecule has 3 heterocycles. The van der Waals surface area contributed by atoms with Crippen LogP contribution in [0, 0.1) is 5.92 Å². The zero-order chi connectivity index (χ0) is 19.0. The first-order chi connectivity index (χ1) is 13.0. The van der Waals surface area contributed by atoms with Gasteiger partial charge < -0.3 is 10.0 Å². The molecule has 2 saturated heterocycles. The normalized spacial score (nSPS) is 19.7. The minimum Gasteiger partial charge on any atom is -0.481 e. The molecule has 2 amide bonds. The summed E-state index contributed by atoms with van der Waals surface area (Å²) in [4.78, 5) is 45.7. The van der Waals surface area contributed by atoms with Crippen LogP contribution in [0.25, 0.3) is 17.0 Å². The molecule has 0 aliphatic carbocycles. The van der Waals surface area contributed by atoms with E-state index in [1.54, 1.807) is 0 Å². The monoisotopic (exact) mass is 384 g/mol. The number of carboxylic acids is 1. The number of carbonyl (C=O) groups is 3. The molecular formula is C18H16N4O4S. The molecule has 0 saturated carbocycles. The molecule has 2 aliphatic heterocycles. The van der Waals surface area contributed by atoms with Crippen LogP contribution in [0.15, 0.2) is 29.2 Å². The van der Waals surface area contributed by atoms with Crippen molar-refractivity contribution >= 4 is 51.7 Å². The van der Waals surface area contributed by atoms with Crippen LogP contribution in [0.3, 0.4) is 0 Å². The second-order valence-electron chi connectivity index (χ2n) is 6.37. The lowest BCUT2D eigenvalue weighted by Crippen LogP contribution is -2.37. The summed E-state index contributed by atoms with van der Waals surface area (Å²) < 4.78 is 0. The summed E-state index contributed by atoms with van der Waals surface area (Å²) in [5.41, 5.74) is 0.726. The van der Waals surface area contributed by atoms with Crippen molar-refractivity contribution in [3.63, 3.8) is 0 Å². The van der Waals surface area contributed by atoms with Gasteiger partial charge in [-0.1, -0.05) is 12.1 Å². The number of carboxylic acid groups (broad SMARTS) is 1. The maximum Gasteiger partial charge on any atom is 0.306 e. The molecule has 8 nitrogen and oxygen atoms in total. The molecule has 4 rings (SSSR count). The molecule has 1 aromatic heterocycles. The van der Waals surface area contributed by atoms with Gasteiger partial charge in [-0.2, -0.15) is 0 Å². The molecule has 0 atom stereocenters. The number of fused-ring (bicyclic) bond motifs is 1. The number of hydrogen-bond donors (Lipinski definition) is 2. The molecule has 0 unspecified atom stereocenters. The van der Waals surface area contributed by atoms with Crippen molar-refractivity contribution in [1.29, 1.82) is 0 Å². The van der Waals surface area contributed by atoms with Gasteiger partial charge in [0.05, 0.1) is 16.3 Å². The summed E-state index contributed by atoms with van der Waals surface area (Å²) in [5, 5.41) is 11.9. The van der Waals surface area contributed by atoms with Crippen LogP contribution in [-0.4, -0.2) is 45.3 Å². The molecule has 0 bridgehead atoms. The molecule has 0 radical (unpaired) electrons. The van der Waals surface area contributed by atoms with E-state index in [4.69, 9.17) is 0 Å². The van der Waals surface area contributed by atoms with Crippen LogP contribution in [0.2, 0.25) is 0 Å². The fraction of sp³-hybridized carbons (Fsp3) is 0.278. The summed E-state index contributed by atoms with van der Waals surface area (Å²) in [7, 11) is 0. The van der Waals surface area contributed by atoms with E-state index in [-0.39, 0.29) is 10.8 Å². The van der Waals surface area contributed by atoms with Crippen LogP contribution >= 0.6 is 11.8 Å². The smallest absolute Gasteiger partial charge is 0.306 e. The van der Waals surface area contributed by atoms with Crippen molar-refractivity contribution in [3.8, 4) is 0 Å². The fourth-order valence-corrected chi connectivity index (χ4v) is 3.91. The molecule has 2 aliphatic rings. The van der Waals surface area contributed by atoms with E-state index in [0.29, 0.717) is 37.6 Å². The average Bonchev–Trinajstić information content (AvgIpc) is 2.98. The summed E-state index contributed by atoms with van der Waals surface area (Å²) >= 11 is 0.821. The van der Waals surface area contributed by atoms with Crippen molar-refractivity contribution in [2.24, 2.45) is 5.92 Å². The lowest BCUT2D eigenvalue weighted by molar-refractivity contribution is -0.142. The van der Waals surface area contributed by atoms with Crippen LogP contribution in [0.1, 0.15) is 18.7 Å². The van der Waals surface area contributed by atoms with E-state index in [2.05, 4.69) is 20.2 Å². The molecule has 27 heavy (non-hydrogen) atoms. The minimum absolute atomic E-state index is 0.255. The number of carbonyl (C=O) groups excluding carboxylic acids is 2. The summed E-state index contributed by atoms with van der Waals surface area (Å²) in [6.07, 6.45) is 2.61. The zero-order valence-corrected chi connectivity index (χ0v) is 15.0. The molecule has 2 N–H and O–H groups in total. The Kier molecular flexibility index (Phi) is 4.53. The Hall–Kier alpha value is -2.94. The Morgan fingerprint density at radius 3 is 2.63 bits per heavy atom. The number of benzene rings is 1. The number of aliphatic carboxylic acids is 1. The zero-order valence-electron chi connectivity index (χ0n) is 14.2. The van der Waals surface area contributed by atoms with Crippen LogP contribution < -0.4 is 10.2 Å². The Morgan fingerprint density at radius 2 is 1.96 bits per heavy atom. The summed E-state index contributed by atoms with van der Waals surface area (Å²) in [6.45, 7) is 1.17. The largest absolute Gasteiger partial charge is 0.481 e. The van der Waals surface area contributed by atoms with Gasteiger partial charge in [0.15, 0.2) is 5.82 Å². The van der Waals surface area contributed by atoms with E-state index in [1.165, 1.54) is 6.08 Å². The first-order valence-corrected chi connectivity index (χ1v) is 9.32. The number of hydrogen-bond acceptors (Lipinski definition) is 7. The average molecular weight is 384 g/mol. The lowest BCUT2D eigenvalue weighted by Gasteiger charge is -2.31. The number of aromatic nitrogens is 2. The van der Waals surface area contributed by atoms with Crippen molar-refractivity contribution in [2.75, 3.05) is 18.0 Å². The van der Waals surface area contributed by atoms with Crippen molar-refractivity contribution < 1.29 is 19.5 Å². The van der Waals surface area contributed by atoms with E-state index >= 15 is 0 Å². The van der Waals surface area contributed by atoms with Gasteiger partial charge in [-0.05, 0) is 36.7 Å². The molecule has 138 valence electrons. The third-order valence-corrected chi connectivity index (χ3v) is 5.46. The molecule has 2 fully saturated rings. The van der Waals surface area contributed by atoms with Gasteiger partial charge in [0.25, 0.3) is 11.1 Å². The van der Waals surface area contributed by atoms with E-state index in [1.807, 2.05) is 24.3 Å². The highest BCUT2D eigenvalue weighted by Gasteiger charge is 2.28. The molecule has 2 aromatic rings. The van der Waals surface area contributed by atoms with E-state index in [0.717, 1.165) is 22.7 Å². The SMILES string of the molecule is O=C1NC(=O)/C(=C\c2nc(N3CCC(C(=O)O)CC3)c3ccccc3n2)S1. The minimum atomic E-state index is -0.762. The highest BCUT2D eigenvalue weighted by Crippen LogP contribution is 2.30. The summed E-state index contributed by atoms with van der Waals surface area (Å²) in [5.74, 6) is -0.491. The second-order valence-corrected chi connectivity index (χ2v) is 7.39. The number of rotatable bonds is 3.